The first-order valence-electron chi connectivity index (χ1n) is 5.64. The van der Waals surface area contributed by atoms with Crippen LogP contribution in [-0.4, -0.2) is 4.98 Å². The van der Waals surface area contributed by atoms with Crippen LogP contribution in [0.25, 0.3) is 22.0 Å². The highest BCUT2D eigenvalue weighted by atomic mass is 35.5. The van der Waals surface area contributed by atoms with Gasteiger partial charge in [0.2, 0.25) is 0 Å². The maximum atomic E-state index is 6.00. The summed E-state index contributed by atoms with van der Waals surface area (Å²) in [5, 5.41) is 1.73. The molecule has 3 rings (SSSR count). The number of aromatic nitrogens is 1. The van der Waals surface area contributed by atoms with Gasteiger partial charge in [0, 0.05) is 33.4 Å². The Bertz CT molecular complexity index is 723. The van der Waals surface area contributed by atoms with Crippen molar-refractivity contribution >= 4 is 28.2 Å². The molecule has 0 saturated heterocycles. The number of nitrogens with two attached hydrogens (primary N) is 1. The molecular weight excluding hydrogens is 244 g/mol. The predicted octanol–water partition coefficient (Wildman–Crippen LogP) is 4.14. The van der Waals surface area contributed by atoms with Gasteiger partial charge in [-0.05, 0) is 30.3 Å². The average molecular weight is 255 g/mol. The van der Waals surface area contributed by atoms with Crippen LogP contribution in [0.3, 0.4) is 0 Å². The van der Waals surface area contributed by atoms with Crippen molar-refractivity contribution in [2.75, 3.05) is 5.73 Å². The Balaban J connectivity index is 2.22. The van der Waals surface area contributed by atoms with Crippen molar-refractivity contribution in [3.05, 3.63) is 59.8 Å². The minimum absolute atomic E-state index is 0.711. The first kappa shape index (κ1) is 11.1. The highest BCUT2D eigenvalue weighted by Crippen LogP contribution is 2.28. The van der Waals surface area contributed by atoms with Gasteiger partial charge in [-0.1, -0.05) is 29.8 Å². The van der Waals surface area contributed by atoms with E-state index in [1.807, 2.05) is 48.7 Å². The van der Waals surface area contributed by atoms with E-state index in [-0.39, 0.29) is 0 Å². The first-order valence-corrected chi connectivity index (χ1v) is 6.02. The van der Waals surface area contributed by atoms with E-state index in [1.165, 1.54) is 0 Å². The van der Waals surface area contributed by atoms with E-state index in [9.17, 15) is 0 Å². The Morgan fingerprint density at radius 1 is 1.00 bits per heavy atom. The van der Waals surface area contributed by atoms with E-state index < -0.39 is 0 Å². The number of hydrogen-bond acceptors (Lipinski definition) is 2. The van der Waals surface area contributed by atoms with Crippen LogP contribution in [0, 0.1) is 0 Å². The van der Waals surface area contributed by atoms with Crippen LogP contribution in [-0.2, 0) is 0 Å². The van der Waals surface area contributed by atoms with Crippen LogP contribution >= 0.6 is 11.6 Å². The summed E-state index contributed by atoms with van der Waals surface area (Å²) in [6.07, 6.45) is 1.84. The molecule has 0 fully saturated rings. The van der Waals surface area contributed by atoms with E-state index >= 15 is 0 Å². The smallest absolute Gasteiger partial charge is 0.0703 e. The molecule has 88 valence electrons. The maximum absolute atomic E-state index is 6.00. The van der Waals surface area contributed by atoms with E-state index in [0.717, 1.165) is 27.7 Å². The third kappa shape index (κ3) is 1.91. The molecule has 0 spiro atoms. The molecule has 1 aromatic heterocycles. The summed E-state index contributed by atoms with van der Waals surface area (Å²) in [7, 11) is 0. The summed E-state index contributed by atoms with van der Waals surface area (Å²) in [5.74, 6) is 0. The van der Waals surface area contributed by atoms with Gasteiger partial charge in [0.1, 0.15) is 0 Å². The Kier molecular flexibility index (Phi) is 2.65. The second-order valence-electron chi connectivity index (χ2n) is 4.15. The Hall–Kier alpha value is -2.06. The monoisotopic (exact) mass is 254 g/mol. The Labute approximate surface area is 110 Å². The zero-order valence-corrected chi connectivity index (χ0v) is 10.4. The summed E-state index contributed by atoms with van der Waals surface area (Å²) in [6, 6.07) is 15.5. The van der Waals surface area contributed by atoms with Crippen molar-refractivity contribution in [2.24, 2.45) is 0 Å². The number of pyridine rings is 1. The molecule has 2 aromatic carbocycles. The molecule has 3 aromatic rings. The van der Waals surface area contributed by atoms with Gasteiger partial charge in [-0.3, -0.25) is 4.98 Å². The van der Waals surface area contributed by atoms with Crippen molar-refractivity contribution in [2.45, 2.75) is 0 Å². The van der Waals surface area contributed by atoms with Crippen molar-refractivity contribution < 1.29 is 0 Å². The lowest BCUT2D eigenvalue weighted by atomic mass is 10.0. The Morgan fingerprint density at radius 2 is 1.83 bits per heavy atom. The molecule has 0 radical (unpaired) electrons. The average Bonchev–Trinajstić information content (AvgIpc) is 2.38. The number of fused-ring (bicyclic) bond motifs is 1. The Morgan fingerprint density at radius 3 is 2.67 bits per heavy atom. The lowest BCUT2D eigenvalue weighted by Crippen LogP contribution is -1.90. The summed E-state index contributed by atoms with van der Waals surface area (Å²) in [6.45, 7) is 0. The van der Waals surface area contributed by atoms with E-state index in [4.69, 9.17) is 17.3 Å². The fraction of sp³-hybridized carbons (Fsp3) is 0. The van der Waals surface area contributed by atoms with Gasteiger partial charge >= 0.3 is 0 Å². The van der Waals surface area contributed by atoms with Crippen LogP contribution in [0.1, 0.15) is 0 Å². The summed E-state index contributed by atoms with van der Waals surface area (Å²) in [5.41, 5.74) is 9.65. The summed E-state index contributed by atoms with van der Waals surface area (Å²) < 4.78 is 0. The number of nitrogen functional groups attached to an aromatic ring is 1. The topological polar surface area (TPSA) is 38.9 Å². The van der Waals surface area contributed by atoms with Gasteiger partial charge in [0.05, 0.1) is 5.52 Å². The molecule has 0 aliphatic rings. The number of benzene rings is 2. The fourth-order valence-corrected chi connectivity index (χ4v) is 2.19. The number of halogens is 1. The van der Waals surface area contributed by atoms with Gasteiger partial charge < -0.3 is 5.73 Å². The molecule has 0 aliphatic heterocycles. The van der Waals surface area contributed by atoms with Gasteiger partial charge in [-0.15, -0.1) is 0 Å². The standard InChI is InChI=1S/C15H11ClN2/c16-12-5-6-15-10(8-12)7-11(9-18-15)13-3-1-2-4-14(13)17/h1-9H,17H2. The lowest BCUT2D eigenvalue weighted by Gasteiger charge is -2.06. The number of anilines is 1. The van der Waals surface area contributed by atoms with Gasteiger partial charge in [0.25, 0.3) is 0 Å². The molecule has 18 heavy (non-hydrogen) atoms. The number of rotatable bonds is 1. The van der Waals surface area contributed by atoms with Crippen LogP contribution < -0.4 is 5.73 Å². The van der Waals surface area contributed by atoms with Crippen LogP contribution in [0.5, 0.6) is 0 Å². The third-order valence-corrected chi connectivity index (χ3v) is 3.15. The third-order valence-electron chi connectivity index (χ3n) is 2.92. The van der Waals surface area contributed by atoms with E-state index in [2.05, 4.69) is 11.1 Å². The van der Waals surface area contributed by atoms with Crippen molar-refractivity contribution in [3.8, 4) is 11.1 Å². The highest BCUT2D eigenvalue weighted by Gasteiger charge is 2.04. The number of hydrogen-bond donors (Lipinski definition) is 1. The molecule has 0 atom stereocenters. The minimum Gasteiger partial charge on any atom is -0.398 e. The molecule has 2 N–H and O–H groups in total. The van der Waals surface area contributed by atoms with E-state index in [1.54, 1.807) is 0 Å². The van der Waals surface area contributed by atoms with Crippen molar-refractivity contribution in [1.82, 2.24) is 4.98 Å². The van der Waals surface area contributed by atoms with Gasteiger partial charge in [0.15, 0.2) is 0 Å². The van der Waals surface area contributed by atoms with Crippen LogP contribution in [0.4, 0.5) is 5.69 Å². The molecule has 2 nitrogen and oxygen atoms in total. The van der Waals surface area contributed by atoms with Gasteiger partial charge in [-0.25, -0.2) is 0 Å². The number of para-hydroxylation sites is 1. The van der Waals surface area contributed by atoms with E-state index in [0.29, 0.717) is 5.02 Å². The molecular formula is C15H11ClN2. The maximum Gasteiger partial charge on any atom is 0.0703 e. The molecule has 0 unspecified atom stereocenters. The molecule has 0 bridgehead atoms. The fourth-order valence-electron chi connectivity index (χ4n) is 2.01. The second-order valence-corrected chi connectivity index (χ2v) is 4.58. The quantitative estimate of drug-likeness (QED) is 0.663. The first-order chi connectivity index (χ1) is 8.74. The molecule has 1 heterocycles. The lowest BCUT2D eigenvalue weighted by molar-refractivity contribution is 1.41. The zero-order chi connectivity index (χ0) is 12.5. The minimum atomic E-state index is 0.711. The number of nitrogens with zero attached hydrogens (tertiary/aromatic N) is 1. The van der Waals surface area contributed by atoms with Gasteiger partial charge in [-0.2, -0.15) is 0 Å². The van der Waals surface area contributed by atoms with Crippen LogP contribution in [0.15, 0.2) is 54.7 Å². The zero-order valence-electron chi connectivity index (χ0n) is 9.60. The largest absolute Gasteiger partial charge is 0.398 e. The normalized spacial score (nSPS) is 10.7. The molecule has 3 heteroatoms. The van der Waals surface area contributed by atoms with Crippen molar-refractivity contribution in [1.29, 1.82) is 0 Å². The second kappa shape index (κ2) is 4.31. The molecule has 0 saturated carbocycles. The van der Waals surface area contributed by atoms with Crippen LogP contribution in [0.2, 0.25) is 5.02 Å². The highest BCUT2D eigenvalue weighted by molar-refractivity contribution is 6.31. The predicted molar refractivity (Wildman–Crippen MR) is 76.6 cm³/mol. The van der Waals surface area contributed by atoms with Crippen molar-refractivity contribution in [3.63, 3.8) is 0 Å². The molecule has 0 amide bonds. The molecule has 0 aliphatic carbocycles. The summed E-state index contributed by atoms with van der Waals surface area (Å²) >= 11 is 6.00. The summed E-state index contributed by atoms with van der Waals surface area (Å²) in [4.78, 5) is 4.43. The SMILES string of the molecule is Nc1ccccc1-c1cnc2ccc(Cl)cc2c1.